The summed E-state index contributed by atoms with van der Waals surface area (Å²) in [7, 11) is 1.89. The summed E-state index contributed by atoms with van der Waals surface area (Å²) in [5.41, 5.74) is 0.148. The summed E-state index contributed by atoms with van der Waals surface area (Å²) in [5.74, 6) is -0.184. The molecule has 2 amide bonds. The number of unbranched alkanes of at least 4 members (excludes halogenated alkanes) is 1. The zero-order valence-corrected chi connectivity index (χ0v) is 16.7. The quantitative estimate of drug-likeness (QED) is 0.760. The first-order valence-electron chi connectivity index (χ1n) is 9.51. The van der Waals surface area contributed by atoms with Crippen molar-refractivity contribution in [2.24, 2.45) is 7.05 Å². The summed E-state index contributed by atoms with van der Waals surface area (Å²) in [4.78, 5) is 27.4. The lowest BCUT2D eigenvalue weighted by molar-refractivity contribution is -0.128. The van der Waals surface area contributed by atoms with Crippen LogP contribution in [0.5, 0.6) is 0 Å². The Kier molecular flexibility index (Phi) is 5.65. The minimum absolute atomic E-state index is 0.0297. The summed E-state index contributed by atoms with van der Waals surface area (Å²) in [6.07, 6.45) is 6.47. The third kappa shape index (κ3) is 3.63. The molecule has 2 aromatic rings. The first kappa shape index (κ1) is 18.9. The summed E-state index contributed by atoms with van der Waals surface area (Å²) < 4.78 is 1.81. The summed E-state index contributed by atoms with van der Waals surface area (Å²) in [6.45, 7) is 4.71. The molecule has 2 N–H and O–H groups in total. The molecule has 0 saturated heterocycles. The number of nitrogens with zero attached hydrogens (tertiary/aromatic N) is 2. The van der Waals surface area contributed by atoms with E-state index in [0.29, 0.717) is 24.3 Å². The normalized spacial score (nSPS) is 16.6. The van der Waals surface area contributed by atoms with Crippen molar-refractivity contribution in [1.29, 1.82) is 0 Å². The lowest BCUT2D eigenvalue weighted by Crippen LogP contribution is -2.59. The maximum absolute atomic E-state index is 12.9. The Morgan fingerprint density at radius 3 is 2.69 bits per heavy atom. The first-order chi connectivity index (χ1) is 12.5. The van der Waals surface area contributed by atoms with E-state index in [-0.39, 0.29) is 11.8 Å². The Bertz CT molecular complexity index is 767. The van der Waals surface area contributed by atoms with Gasteiger partial charge in [0.15, 0.2) is 0 Å². The first-order valence-corrected chi connectivity index (χ1v) is 10.3. The van der Waals surface area contributed by atoms with Crippen molar-refractivity contribution in [1.82, 2.24) is 20.4 Å². The number of rotatable bonds is 6. The fraction of sp³-hybridized carbons (Fsp3) is 0.632. The van der Waals surface area contributed by atoms with E-state index in [9.17, 15) is 9.59 Å². The lowest BCUT2D eigenvalue weighted by Gasteiger charge is -2.36. The molecule has 0 bridgehead atoms. The highest BCUT2D eigenvalue weighted by Gasteiger charge is 2.41. The van der Waals surface area contributed by atoms with Gasteiger partial charge in [-0.05, 0) is 32.3 Å². The molecule has 142 valence electrons. The van der Waals surface area contributed by atoms with Gasteiger partial charge in [0.25, 0.3) is 5.91 Å². The van der Waals surface area contributed by atoms with E-state index >= 15 is 0 Å². The molecule has 0 aliphatic heterocycles. The topological polar surface area (TPSA) is 76.0 Å². The molecular formula is C19H28N4O2S. The van der Waals surface area contributed by atoms with Crippen LogP contribution < -0.4 is 10.6 Å². The molecule has 1 aliphatic carbocycles. The van der Waals surface area contributed by atoms with E-state index in [4.69, 9.17) is 0 Å². The molecule has 0 aromatic carbocycles. The van der Waals surface area contributed by atoms with Crippen LogP contribution in [0.25, 0.3) is 10.2 Å². The molecule has 2 aromatic heterocycles. The third-order valence-corrected chi connectivity index (χ3v) is 6.43. The largest absolute Gasteiger partial charge is 0.354 e. The fourth-order valence-electron chi connectivity index (χ4n) is 3.71. The monoisotopic (exact) mass is 376 g/mol. The predicted molar refractivity (Wildman–Crippen MR) is 105 cm³/mol. The van der Waals surface area contributed by atoms with Gasteiger partial charge >= 0.3 is 0 Å². The van der Waals surface area contributed by atoms with Crippen molar-refractivity contribution in [3.63, 3.8) is 0 Å². The minimum atomic E-state index is -0.771. The number of hydrogen-bond acceptors (Lipinski definition) is 4. The molecular weight excluding hydrogens is 348 g/mol. The molecule has 2 heterocycles. The number of carbonyl (C=O) groups is 2. The van der Waals surface area contributed by atoms with Gasteiger partial charge in [-0.25, -0.2) is 0 Å². The second kappa shape index (κ2) is 7.78. The highest BCUT2D eigenvalue weighted by Crippen LogP contribution is 2.31. The van der Waals surface area contributed by atoms with Crippen molar-refractivity contribution in [2.75, 3.05) is 6.54 Å². The van der Waals surface area contributed by atoms with Crippen LogP contribution in [0.1, 0.15) is 67.2 Å². The zero-order valence-electron chi connectivity index (χ0n) is 15.9. The highest BCUT2D eigenvalue weighted by atomic mass is 32.1. The van der Waals surface area contributed by atoms with Crippen LogP contribution in [0.2, 0.25) is 0 Å². The van der Waals surface area contributed by atoms with Gasteiger partial charge in [-0.3, -0.25) is 14.3 Å². The molecule has 1 saturated carbocycles. The van der Waals surface area contributed by atoms with E-state index < -0.39 is 5.54 Å². The molecule has 1 aliphatic rings. The van der Waals surface area contributed by atoms with Crippen LogP contribution in [0, 0.1) is 6.92 Å². The Labute approximate surface area is 158 Å². The van der Waals surface area contributed by atoms with Gasteiger partial charge < -0.3 is 10.6 Å². The number of hydrogen-bond donors (Lipinski definition) is 2. The summed E-state index contributed by atoms with van der Waals surface area (Å²) >= 11 is 1.43. The fourth-order valence-corrected chi connectivity index (χ4v) is 4.73. The number of carbonyl (C=O) groups excluding carboxylic acids is 2. The predicted octanol–water partition coefficient (Wildman–Crippen LogP) is 3.29. The van der Waals surface area contributed by atoms with E-state index in [1.165, 1.54) is 11.3 Å². The lowest BCUT2D eigenvalue weighted by atomic mass is 9.80. The van der Waals surface area contributed by atoms with E-state index in [2.05, 4.69) is 22.7 Å². The van der Waals surface area contributed by atoms with E-state index in [1.807, 2.05) is 20.0 Å². The van der Waals surface area contributed by atoms with Crippen LogP contribution in [0.3, 0.4) is 0 Å². The molecule has 0 atom stereocenters. The van der Waals surface area contributed by atoms with Crippen molar-refractivity contribution >= 4 is 33.4 Å². The SMILES string of the molecule is CCCCNC(=O)C1(NC(=O)c2cc3c(C)nn(C)c3s2)CCCCC1. The second-order valence-electron chi connectivity index (χ2n) is 7.24. The van der Waals surface area contributed by atoms with Crippen LogP contribution in [-0.2, 0) is 11.8 Å². The molecule has 26 heavy (non-hydrogen) atoms. The van der Waals surface area contributed by atoms with Crippen molar-refractivity contribution in [2.45, 2.75) is 64.3 Å². The molecule has 0 radical (unpaired) electrons. The summed E-state index contributed by atoms with van der Waals surface area (Å²) in [6, 6.07) is 1.89. The number of fused-ring (bicyclic) bond motifs is 1. The summed E-state index contributed by atoms with van der Waals surface area (Å²) in [5, 5.41) is 11.5. The average molecular weight is 377 g/mol. The van der Waals surface area contributed by atoms with Crippen molar-refractivity contribution in [3.8, 4) is 0 Å². The van der Waals surface area contributed by atoms with E-state index in [1.54, 1.807) is 4.68 Å². The Morgan fingerprint density at radius 2 is 2.04 bits per heavy atom. The van der Waals surface area contributed by atoms with Gasteiger partial charge in [0.1, 0.15) is 10.4 Å². The second-order valence-corrected chi connectivity index (χ2v) is 8.28. The van der Waals surface area contributed by atoms with E-state index in [0.717, 1.165) is 48.0 Å². The number of aromatic nitrogens is 2. The minimum Gasteiger partial charge on any atom is -0.354 e. The molecule has 0 unspecified atom stereocenters. The van der Waals surface area contributed by atoms with Crippen LogP contribution in [0.15, 0.2) is 6.07 Å². The number of aryl methyl sites for hydroxylation is 2. The molecule has 0 spiro atoms. The standard InChI is InChI=1S/C19H28N4O2S/c1-4-5-11-20-18(25)19(9-7-6-8-10-19)21-16(24)15-12-14-13(2)22-23(3)17(14)26-15/h12H,4-11H2,1-3H3,(H,20,25)(H,21,24). The number of nitrogens with one attached hydrogen (secondary N) is 2. The Hall–Kier alpha value is -1.89. The van der Waals surface area contributed by atoms with Crippen LogP contribution in [0.4, 0.5) is 0 Å². The van der Waals surface area contributed by atoms with Gasteiger partial charge in [-0.15, -0.1) is 11.3 Å². The van der Waals surface area contributed by atoms with Crippen molar-refractivity contribution in [3.05, 3.63) is 16.6 Å². The molecule has 7 heteroatoms. The Morgan fingerprint density at radius 1 is 1.31 bits per heavy atom. The maximum Gasteiger partial charge on any atom is 0.262 e. The zero-order chi connectivity index (χ0) is 18.7. The maximum atomic E-state index is 12.9. The molecule has 1 fully saturated rings. The van der Waals surface area contributed by atoms with Crippen LogP contribution >= 0.6 is 11.3 Å². The molecule has 6 nitrogen and oxygen atoms in total. The van der Waals surface area contributed by atoms with Gasteiger partial charge in [0, 0.05) is 19.0 Å². The number of amides is 2. The Balaban J connectivity index is 1.79. The average Bonchev–Trinajstić information content (AvgIpc) is 3.18. The number of thiophene rings is 1. The van der Waals surface area contributed by atoms with Crippen molar-refractivity contribution < 1.29 is 9.59 Å². The van der Waals surface area contributed by atoms with Gasteiger partial charge in [-0.2, -0.15) is 5.10 Å². The third-order valence-electron chi connectivity index (χ3n) is 5.23. The van der Waals surface area contributed by atoms with Gasteiger partial charge in [0.05, 0.1) is 10.6 Å². The van der Waals surface area contributed by atoms with Gasteiger partial charge in [-0.1, -0.05) is 32.6 Å². The molecule has 3 rings (SSSR count). The highest BCUT2D eigenvalue weighted by molar-refractivity contribution is 7.20. The van der Waals surface area contributed by atoms with Crippen LogP contribution in [-0.4, -0.2) is 33.7 Å². The van der Waals surface area contributed by atoms with Gasteiger partial charge in [0.2, 0.25) is 5.91 Å². The smallest absolute Gasteiger partial charge is 0.262 e.